The number of ether oxygens (including phenoxy) is 1. The van der Waals surface area contributed by atoms with E-state index in [1.165, 1.54) is 22.5 Å². The molecular weight excluding hydrogens is 397 g/mol. The van der Waals surface area contributed by atoms with E-state index in [-0.39, 0.29) is 17.1 Å². The molecule has 0 N–H and O–H groups in total. The molecule has 1 fully saturated rings. The van der Waals surface area contributed by atoms with Crippen LogP contribution < -0.4 is 0 Å². The van der Waals surface area contributed by atoms with E-state index in [0.29, 0.717) is 28.7 Å². The largest absolute Gasteiger partial charge is 0.457 e. The van der Waals surface area contributed by atoms with Gasteiger partial charge in [-0.05, 0) is 48.7 Å². The molecule has 0 unspecified atom stereocenters. The Labute approximate surface area is 162 Å². The minimum Gasteiger partial charge on any atom is -0.457 e. The first-order valence-electron chi connectivity index (χ1n) is 8.09. The number of carbonyl (C=O) groups is 1. The maximum Gasteiger partial charge on any atom is 0.338 e. The summed E-state index contributed by atoms with van der Waals surface area (Å²) in [5.41, 5.74) is 0.874. The molecular formula is C18H17Cl2NO4S. The average molecular weight is 414 g/mol. The van der Waals surface area contributed by atoms with E-state index in [1.54, 1.807) is 24.3 Å². The number of nitrogens with zero attached hydrogens (tertiary/aromatic N) is 1. The topological polar surface area (TPSA) is 63.7 Å². The lowest BCUT2D eigenvalue weighted by Crippen LogP contribution is -2.28. The number of halogens is 2. The summed E-state index contributed by atoms with van der Waals surface area (Å²) in [5, 5.41) is 0.792. The summed E-state index contributed by atoms with van der Waals surface area (Å²) in [6, 6.07) is 10.9. The van der Waals surface area contributed by atoms with E-state index >= 15 is 0 Å². The maximum absolute atomic E-state index is 12.6. The molecule has 138 valence electrons. The fraction of sp³-hybridized carbons (Fsp3) is 0.278. The minimum absolute atomic E-state index is 0.0127. The lowest BCUT2D eigenvalue weighted by Gasteiger charge is -2.15. The van der Waals surface area contributed by atoms with Crippen molar-refractivity contribution in [2.75, 3.05) is 13.1 Å². The van der Waals surface area contributed by atoms with Crippen LogP contribution in [-0.2, 0) is 21.4 Å². The number of carbonyl (C=O) groups excluding carboxylic acids is 1. The highest BCUT2D eigenvalue weighted by atomic mass is 35.5. The lowest BCUT2D eigenvalue weighted by atomic mass is 10.2. The molecule has 1 saturated heterocycles. The Balaban J connectivity index is 1.72. The third kappa shape index (κ3) is 4.20. The van der Waals surface area contributed by atoms with Gasteiger partial charge in [-0.1, -0.05) is 35.3 Å². The van der Waals surface area contributed by atoms with Crippen LogP contribution in [0.25, 0.3) is 0 Å². The number of sulfonamides is 1. The second-order valence-electron chi connectivity index (χ2n) is 5.96. The molecule has 3 rings (SSSR count). The summed E-state index contributed by atoms with van der Waals surface area (Å²) in [5.74, 6) is -0.602. The molecule has 2 aromatic carbocycles. The molecule has 0 bridgehead atoms. The zero-order chi connectivity index (χ0) is 18.7. The molecule has 8 heteroatoms. The van der Waals surface area contributed by atoms with E-state index in [0.717, 1.165) is 12.8 Å². The van der Waals surface area contributed by atoms with Crippen molar-refractivity contribution >= 4 is 39.2 Å². The zero-order valence-electron chi connectivity index (χ0n) is 13.8. The summed E-state index contributed by atoms with van der Waals surface area (Å²) >= 11 is 11.8. The molecule has 1 heterocycles. The van der Waals surface area contributed by atoms with E-state index < -0.39 is 16.0 Å². The van der Waals surface area contributed by atoms with Gasteiger partial charge in [-0.3, -0.25) is 0 Å². The van der Waals surface area contributed by atoms with Gasteiger partial charge >= 0.3 is 5.97 Å². The van der Waals surface area contributed by atoms with Crippen LogP contribution in [0.4, 0.5) is 0 Å². The maximum atomic E-state index is 12.6. The standard InChI is InChI=1S/C18H17Cl2NO4S/c19-16-7-6-13(10-17(16)20)12-25-18(22)14-4-3-5-15(11-14)26(23,24)21-8-1-2-9-21/h3-7,10-11H,1-2,8-9,12H2. The third-order valence-electron chi connectivity index (χ3n) is 4.13. The van der Waals surface area contributed by atoms with Crippen LogP contribution in [0.1, 0.15) is 28.8 Å². The smallest absolute Gasteiger partial charge is 0.338 e. The van der Waals surface area contributed by atoms with Crippen LogP contribution in [0.5, 0.6) is 0 Å². The van der Waals surface area contributed by atoms with E-state index in [9.17, 15) is 13.2 Å². The van der Waals surface area contributed by atoms with Crippen molar-refractivity contribution in [3.05, 3.63) is 63.6 Å². The molecule has 0 atom stereocenters. The summed E-state index contributed by atoms with van der Waals surface area (Å²) < 4.78 is 31.9. The van der Waals surface area contributed by atoms with Gasteiger partial charge in [0.15, 0.2) is 0 Å². The van der Waals surface area contributed by atoms with Crippen LogP contribution in [-0.4, -0.2) is 31.8 Å². The Hall–Kier alpha value is -1.60. The number of rotatable bonds is 5. The Morgan fingerprint density at radius 2 is 1.77 bits per heavy atom. The highest BCUT2D eigenvalue weighted by Crippen LogP contribution is 2.24. The van der Waals surface area contributed by atoms with Gasteiger partial charge in [-0.25, -0.2) is 13.2 Å². The molecule has 0 amide bonds. The molecule has 1 aliphatic heterocycles. The monoisotopic (exact) mass is 413 g/mol. The van der Waals surface area contributed by atoms with E-state index in [4.69, 9.17) is 27.9 Å². The predicted octanol–water partition coefficient (Wildman–Crippen LogP) is 4.13. The van der Waals surface area contributed by atoms with Gasteiger partial charge < -0.3 is 4.74 Å². The minimum atomic E-state index is -3.58. The van der Waals surface area contributed by atoms with Gasteiger partial charge in [-0.15, -0.1) is 0 Å². The summed E-state index contributed by atoms with van der Waals surface area (Å²) in [4.78, 5) is 12.4. The highest BCUT2D eigenvalue weighted by Gasteiger charge is 2.27. The molecule has 0 radical (unpaired) electrons. The van der Waals surface area contributed by atoms with Crippen molar-refractivity contribution < 1.29 is 17.9 Å². The van der Waals surface area contributed by atoms with Crippen LogP contribution in [0.2, 0.25) is 10.0 Å². The average Bonchev–Trinajstić information content (AvgIpc) is 3.18. The first-order valence-corrected chi connectivity index (χ1v) is 10.3. The Bertz CT molecular complexity index is 925. The Kier molecular flexibility index (Phi) is 5.87. The second-order valence-corrected chi connectivity index (χ2v) is 8.72. The van der Waals surface area contributed by atoms with Gasteiger partial charge in [0.1, 0.15) is 6.61 Å². The van der Waals surface area contributed by atoms with Gasteiger partial charge in [0.2, 0.25) is 10.0 Å². The van der Waals surface area contributed by atoms with Crippen molar-refractivity contribution in [3.63, 3.8) is 0 Å². The van der Waals surface area contributed by atoms with Crippen LogP contribution in [0.3, 0.4) is 0 Å². The van der Waals surface area contributed by atoms with Gasteiger partial charge in [0.25, 0.3) is 0 Å². The third-order valence-corrected chi connectivity index (χ3v) is 6.76. The normalized spacial score (nSPS) is 15.2. The number of hydrogen-bond acceptors (Lipinski definition) is 4. The molecule has 0 aliphatic carbocycles. The van der Waals surface area contributed by atoms with E-state index in [2.05, 4.69) is 0 Å². The second kappa shape index (κ2) is 7.96. The predicted molar refractivity (Wildman–Crippen MR) is 100 cm³/mol. The van der Waals surface area contributed by atoms with Gasteiger partial charge in [0, 0.05) is 13.1 Å². The first-order chi connectivity index (χ1) is 12.4. The zero-order valence-corrected chi connectivity index (χ0v) is 16.1. The summed E-state index contributed by atoms with van der Waals surface area (Å²) in [6.45, 7) is 1.03. The van der Waals surface area contributed by atoms with Crippen LogP contribution in [0, 0.1) is 0 Å². The molecule has 0 spiro atoms. The Morgan fingerprint density at radius 3 is 2.46 bits per heavy atom. The van der Waals surface area contributed by atoms with Gasteiger partial charge in [0.05, 0.1) is 20.5 Å². The van der Waals surface area contributed by atoms with Crippen molar-refractivity contribution in [1.29, 1.82) is 0 Å². The first kappa shape index (κ1) is 19.2. The molecule has 5 nitrogen and oxygen atoms in total. The van der Waals surface area contributed by atoms with E-state index in [1.807, 2.05) is 0 Å². The van der Waals surface area contributed by atoms with Crippen LogP contribution >= 0.6 is 23.2 Å². The number of hydrogen-bond donors (Lipinski definition) is 0. The molecule has 0 saturated carbocycles. The molecule has 2 aromatic rings. The van der Waals surface area contributed by atoms with Crippen molar-refractivity contribution in [2.24, 2.45) is 0 Å². The SMILES string of the molecule is O=C(OCc1ccc(Cl)c(Cl)c1)c1cccc(S(=O)(=O)N2CCCC2)c1. The van der Waals surface area contributed by atoms with Gasteiger partial charge in [-0.2, -0.15) is 4.31 Å². The summed E-state index contributed by atoms with van der Waals surface area (Å²) in [6.07, 6.45) is 1.70. The fourth-order valence-corrected chi connectivity index (χ4v) is 4.61. The highest BCUT2D eigenvalue weighted by molar-refractivity contribution is 7.89. The summed E-state index contributed by atoms with van der Waals surface area (Å²) in [7, 11) is -3.58. The van der Waals surface area contributed by atoms with Crippen LogP contribution in [0.15, 0.2) is 47.4 Å². The molecule has 1 aliphatic rings. The number of esters is 1. The van der Waals surface area contributed by atoms with Crippen molar-refractivity contribution in [3.8, 4) is 0 Å². The molecule has 26 heavy (non-hydrogen) atoms. The van der Waals surface area contributed by atoms with Crippen molar-refractivity contribution in [1.82, 2.24) is 4.31 Å². The quantitative estimate of drug-likeness (QED) is 0.690. The molecule has 0 aromatic heterocycles. The Morgan fingerprint density at radius 1 is 1.04 bits per heavy atom. The van der Waals surface area contributed by atoms with Crippen molar-refractivity contribution in [2.45, 2.75) is 24.3 Å². The fourth-order valence-electron chi connectivity index (χ4n) is 2.72. The number of benzene rings is 2. The lowest BCUT2D eigenvalue weighted by molar-refractivity contribution is 0.0472.